The van der Waals surface area contributed by atoms with Crippen molar-refractivity contribution in [2.24, 2.45) is 0 Å². The van der Waals surface area contributed by atoms with Gasteiger partial charge in [-0.05, 0) is 38.5 Å². The number of aromatic nitrogens is 2. The molecule has 0 saturated heterocycles. The summed E-state index contributed by atoms with van der Waals surface area (Å²) >= 11 is 0. The first-order chi connectivity index (χ1) is 16.0. The van der Waals surface area contributed by atoms with Gasteiger partial charge in [0.1, 0.15) is 11.5 Å². The Morgan fingerprint density at radius 1 is 1.00 bits per heavy atom. The van der Waals surface area contributed by atoms with Gasteiger partial charge in [0, 0.05) is 25.1 Å². The summed E-state index contributed by atoms with van der Waals surface area (Å²) in [5, 5.41) is 3.30. The minimum Gasteiger partial charge on any atom is -0.494 e. The van der Waals surface area contributed by atoms with Gasteiger partial charge in [-0.15, -0.1) is 0 Å². The predicted molar refractivity (Wildman–Crippen MR) is 126 cm³/mol. The van der Waals surface area contributed by atoms with Crippen LogP contribution in [-0.2, 0) is 11.3 Å². The highest BCUT2D eigenvalue weighted by molar-refractivity contribution is 5.92. The molecule has 1 aromatic heterocycles. The molecule has 0 aliphatic rings. The number of nitrogens with zero attached hydrogens (tertiary/aromatic N) is 2. The highest BCUT2D eigenvalue weighted by Gasteiger charge is 2.13. The summed E-state index contributed by atoms with van der Waals surface area (Å²) in [4.78, 5) is 29.8. The highest BCUT2D eigenvalue weighted by atomic mass is 16.5. The second-order valence-electron chi connectivity index (χ2n) is 7.14. The first-order valence-electron chi connectivity index (χ1n) is 10.8. The van der Waals surface area contributed by atoms with Crippen LogP contribution in [0, 0.1) is 0 Å². The highest BCUT2D eigenvalue weighted by Crippen LogP contribution is 2.30. The monoisotopic (exact) mass is 455 g/mol. The van der Waals surface area contributed by atoms with Gasteiger partial charge in [-0.25, -0.2) is 4.98 Å². The largest absolute Gasteiger partial charge is 0.494 e. The molecule has 0 radical (unpaired) electrons. The second kappa shape index (κ2) is 11.2. The molecular weight excluding hydrogens is 426 g/mol. The molecule has 0 unspecified atom stereocenters. The van der Waals surface area contributed by atoms with E-state index in [9.17, 15) is 9.59 Å². The van der Waals surface area contributed by atoms with Crippen molar-refractivity contribution in [3.63, 3.8) is 0 Å². The van der Waals surface area contributed by atoms with Crippen LogP contribution in [0.5, 0.6) is 23.0 Å². The van der Waals surface area contributed by atoms with Crippen molar-refractivity contribution in [2.45, 2.75) is 33.2 Å². The fraction of sp³-hybridized carbons (Fsp3) is 0.375. The molecule has 9 nitrogen and oxygen atoms in total. The number of carbonyl (C=O) groups is 1. The number of fused-ring (bicyclic) bond motifs is 1. The maximum atomic E-state index is 12.9. The number of aryl methyl sites for hydroxylation is 1. The lowest BCUT2D eigenvalue weighted by molar-refractivity contribution is -0.116. The van der Waals surface area contributed by atoms with E-state index in [1.165, 1.54) is 25.1 Å². The number of nitrogens with one attached hydrogen (secondary N) is 1. The van der Waals surface area contributed by atoms with Crippen LogP contribution in [0.1, 0.15) is 26.7 Å². The van der Waals surface area contributed by atoms with Crippen molar-refractivity contribution in [1.82, 2.24) is 9.55 Å². The molecule has 0 saturated carbocycles. The molecule has 0 aliphatic heterocycles. The van der Waals surface area contributed by atoms with Crippen LogP contribution in [-0.4, -0.2) is 42.9 Å². The number of benzene rings is 2. The molecule has 33 heavy (non-hydrogen) atoms. The van der Waals surface area contributed by atoms with Gasteiger partial charge in [-0.1, -0.05) is 0 Å². The summed E-state index contributed by atoms with van der Waals surface area (Å²) in [6, 6.07) is 8.60. The van der Waals surface area contributed by atoms with Crippen molar-refractivity contribution < 1.29 is 23.7 Å². The zero-order valence-electron chi connectivity index (χ0n) is 19.3. The van der Waals surface area contributed by atoms with Crippen molar-refractivity contribution in [3.05, 3.63) is 47.0 Å². The molecule has 1 amide bonds. The first-order valence-corrected chi connectivity index (χ1v) is 10.8. The Balaban J connectivity index is 1.68. The van der Waals surface area contributed by atoms with E-state index in [1.54, 1.807) is 30.3 Å². The average molecular weight is 456 g/mol. The van der Waals surface area contributed by atoms with Crippen LogP contribution >= 0.6 is 0 Å². The summed E-state index contributed by atoms with van der Waals surface area (Å²) < 4.78 is 23.1. The fourth-order valence-corrected chi connectivity index (χ4v) is 3.41. The van der Waals surface area contributed by atoms with Crippen LogP contribution in [0.4, 0.5) is 5.69 Å². The van der Waals surface area contributed by atoms with Crippen LogP contribution in [0.15, 0.2) is 41.5 Å². The molecular formula is C24H29N3O6. The van der Waals surface area contributed by atoms with E-state index in [1.807, 2.05) is 13.8 Å². The molecule has 0 aliphatic carbocycles. The fourth-order valence-electron chi connectivity index (χ4n) is 3.41. The van der Waals surface area contributed by atoms with Crippen molar-refractivity contribution in [3.8, 4) is 23.0 Å². The minimum atomic E-state index is -0.204. The Labute approximate surface area is 192 Å². The van der Waals surface area contributed by atoms with Gasteiger partial charge in [0.2, 0.25) is 5.91 Å². The molecule has 0 fully saturated rings. The average Bonchev–Trinajstić information content (AvgIpc) is 2.81. The molecule has 3 rings (SSSR count). The molecule has 3 aromatic rings. The number of amides is 1. The summed E-state index contributed by atoms with van der Waals surface area (Å²) in [6.45, 7) is 5.12. The third-order valence-corrected chi connectivity index (χ3v) is 4.97. The van der Waals surface area contributed by atoms with Gasteiger partial charge in [0.25, 0.3) is 5.56 Å². The lowest BCUT2D eigenvalue weighted by Gasteiger charge is -2.14. The smallest absolute Gasteiger partial charge is 0.261 e. The molecule has 1 heterocycles. The van der Waals surface area contributed by atoms with Gasteiger partial charge in [-0.3, -0.25) is 14.2 Å². The SMILES string of the molecule is CCOc1ccc(OCC)c(NC(=O)CCCn2cnc3cc(OC)c(OC)cc3c2=O)c1. The van der Waals surface area contributed by atoms with Crippen LogP contribution in [0.3, 0.4) is 0 Å². The first kappa shape index (κ1) is 23.9. The lowest BCUT2D eigenvalue weighted by atomic mass is 10.2. The molecule has 2 aromatic carbocycles. The van der Waals surface area contributed by atoms with E-state index in [-0.39, 0.29) is 17.9 Å². The number of anilines is 1. The number of ether oxygens (including phenoxy) is 4. The molecule has 0 bridgehead atoms. The van der Waals surface area contributed by atoms with E-state index in [0.717, 1.165) is 0 Å². The van der Waals surface area contributed by atoms with Gasteiger partial charge in [0.15, 0.2) is 11.5 Å². The third-order valence-electron chi connectivity index (χ3n) is 4.97. The van der Waals surface area contributed by atoms with Gasteiger partial charge < -0.3 is 24.3 Å². The molecule has 0 spiro atoms. The van der Waals surface area contributed by atoms with Crippen LogP contribution < -0.4 is 29.8 Å². The number of hydrogen-bond acceptors (Lipinski definition) is 7. The number of hydrogen-bond donors (Lipinski definition) is 1. The quantitative estimate of drug-likeness (QED) is 0.471. The molecule has 9 heteroatoms. The number of methoxy groups -OCH3 is 2. The second-order valence-corrected chi connectivity index (χ2v) is 7.14. The van der Waals surface area contributed by atoms with E-state index in [2.05, 4.69) is 10.3 Å². The summed E-state index contributed by atoms with van der Waals surface area (Å²) in [6.07, 6.45) is 2.16. The van der Waals surface area contributed by atoms with E-state index < -0.39 is 0 Å². The number of rotatable bonds is 11. The van der Waals surface area contributed by atoms with E-state index in [0.29, 0.717) is 65.8 Å². The van der Waals surface area contributed by atoms with Crippen molar-refractivity contribution in [1.29, 1.82) is 0 Å². The van der Waals surface area contributed by atoms with Crippen LogP contribution in [0.2, 0.25) is 0 Å². The lowest BCUT2D eigenvalue weighted by Crippen LogP contribution is -2.22. The Morgan fingerprint density at radius 3 is 2.42 bits per heavy atom. The Morgan fingerprint density at radius 2 is 1.73 bits per heavy atom. The van der Waals surface area contributed by atoms with E-state index >= 15 is 0 Å². The molecule has 0 atom stereocenters. The van der Waals surface area contributed by atoms with Crippen LogP contribution in [0.25, 0.3) is 10.9 Å². The molecule has 1 N–H and O–H groups in total. The summed E-state index contributed by atoms with van der Waals surface area (Å²) in [7, 11) is 3.04. The molecule has 176 valence electrons. The Kier molecular flexibility index (Phi) is 8.12. The van der Waals surface area contributed by atoms with Gasteiger partial charge >= 0.3 is 0 Å². The van der Waals surface area contributed by atoms with E-state index in [4.69, 9.17) is 18.9 Å². The maximum Gasteiger partial charge on any atom is 0.261 e. The van der Waals surface area contributed by atoms with Crippen molar-refractivity contribution >= 4 is 22.5 Å². The topological polar surface area (TPSA) is 101 Å². The normalized spacial score (nSPS) is 10.7. The standard InChI is InChI=1S/C24H29N3O6/c1-5-32-16-9-10-20(33-6-2)19(12-16)26-23(28)8-7-11-27-15-25-18-14-22(31-4)21(30-3)13-17(18)24(27)29/h9-10,12-15H,5-8,11H2,1-4H3,(H,26,28). The summed E-state index contributed by atoms with van der Waals surface area (Å²) in [5.41, 5.74) is 0.868. The van der Waals surface area contributed by atoms with Gasteiger partial charge in [-0.2, -0.15) is 0 Å². The zero-order chi connectivity index (χ0) is 23.8. The Bertz CT molecular complexity index is 1170. The minimum absolute atomic E-state index is 0.183. The maximum absolute atomic E-state index is 12.9. The zero-order valence-corrected chi connectivity index (χ0v) is 19.3. The van der Waals surface area contributed by atoms with Gasteiger partial charge in [0.05, 0.1) is 50.4 Å². The van der Waals surface area contributed by atoms with Crippen molar-refractivity contribution in [2.75, 3.05) is 32.8 Å². The third kappa shape index (κ3) is 5.74. The predicted octanol–water partition coefficient (Wildman–Crippen LogP) is 3.63. The Hall–Kier alpha value is -3.75. The summed E-state index contributed by atoms with van der Waals surface area (Å²) in [5.74, 6) is 2.01. The number of carbonyl (C=O) groups excluding carboxylic acids is 1.